The molecule has 1 saturated heterocycles. The topological polar surface area (TPSA) is 35.6 Å². The average Bonchev–Trinajstić information content (AvgIpc) is 3.02. The van der Waals surface area contributed by atoms with Crippen LogP contribution in [0.1, 0.15) is 39.2 Å². The average molecular weight is 292 g/mol. The van der Waals surface area contributed by atoms with Crippen molar-refractivity contribution in [3.63, 3.8) is 0 Å². The molecule has 1 aromatic carbocycles. The highest BCUT2D eigenvalue weighted by Gasteiger charge is 2.46. The van der Waals surface area contributed by atoms with Crippen LogP contribution in [0.5, 0.6) is 0 Å². The van der Waals surface area contributed by atoms with Gasteiger partial charge in [-0.25, -0.2) is 0 Å². The van der Waals surface area contributed by atoms with E-state index >= 15 is 0 Å². The van der Waals surface area contributed by atoms with E-state index in [4.69, 9.17) is 4.74 Å². The first-order valence-corrected chi connectivity index (χ1v) is 8.49. The molecule has 0 radical (unpaired) electrons. The molecule has 2 nitrogen and oxygen atoms in total. The molecule has 2 rings (SSSR count). The summed E-state index contributed by atoms with van der Waals surface area (Å²) in [7, 11) is 0. The molecule has 0 spiro atoms. The molecule has 1 aliphatic rings. The highest BCUT2D eigenvalue weighted by molar-refractivity contribution is 7.91. The van der Waals surface area contributed by atoms with Gasteiger partial charge in [0.2, 0.25) is 0 Å². The summed E-state index contributed by atoms with van der Waals surface area (Å²) in [5.41, 5.74) is 2.48. The van der Waals surface area contributed by atoms with Crippen molar-refractivity contribution in [1.82, 2.24) is 0 Å². The number of rotatable bonds is 6. The van der Waals surface area contributed by atoms with E-state index in [9.17, 15) is 4.55 Å². The summed E-state index contributed by atoms with van der Waals surface area (Å²) >= 11 is -0.937. The third-order valence-corrected chi connectivity index (χ3v) is 5.31. The van der Waals surface area contributed by atoms with Crippen LogP contribution in [0.4, 0.5) is 0 Å². The van der Waals surface area contributed by atoms with Crippen molar-refractivity contribution < 1.29 is 9.29 Å². The van der Waals surface area contributed by atoms with Gasteiger partial charge in [-0.05, 0) is 63.9 Å². The summed E-state index contributed by atoms with van der Waals surface area (Å²) in [6, 6.07) is 7.89. The molecule has 0 N–H and O–H groups in total. The van der Waals surface area contributed by atoms with Crippen LogP contribution in [0.25, 0.3) is 0 Å². The third-order valence-electron chi connectivity index (χ3n) is 3.89. The van der Waals surface area contributed by atoms with Gasteiger partial charge in [0.15, 0.2) is 4.90 Å². The molecule has 0 aliphatic carbocycles. The van der Waals surface area contributed by atoms with E-state index in [2.05, 4.69) is 26.8 Å². The number of aryl methyl sites for hydroxylation is 1. The van der Waals surface area contributed by atoms with E-state index in [1.54, 1.807) is 0 Å². The number of ether oxygens (including phenoxy) is 1. The van der Waals surface area contributed by atoms with Crippen LogP contribution in [-0.4, -0.2) is 22.0 Å². The van der Waals surface area contributed by atoms with Crippen LogP contribution < -0.4 is 0 Å². The first-order valence-electron chi connectivity index (χ1n) is 7.17. The fourth-order valence-electron chi connectivity index (χ4n) is 2.32. The van der Waals surface area contributed by atoms with Crippen LogP contribution >= 0.6 is 0 Å². The lowest BCUT2D eigenvalue weighted by molar-refractivity contribution is 0.320. The van der Waals surface area contributed by atoms with Crippen LogP contribution in [0.2, 0.25) is 0 Å². The summed E-state index contributed by atoms with van der Waals surface area (Å²) in [6.07, 6.45) is 4.59. The zero-order valence-corrected chi connectivity index (χ0v) is 13.6. The lowest BCUT2D eigenvalue weighted by atomic mass is 10.0. The van der Waals surface area contributed by atoms with E-state index in [0.717, 1.165) is 23.3 Å². The van der Waals surface area contributed by atoms with Gasteiger partial charge in [-0.1, -0.05) is 23.8 Å². The number of epoxide rings is 1. The zero-order chi connectivity index (χ0) is 14.8. The van der Waals surface area contributed by atoms with Crippen LogP contribution in [-0.2, 0) is 15.9 Å². The Balaban J connectivity index is 1.81. The maximum Gasteiger partial charge on any atom is 0.155 e. The van der Waals surface area contributed by atoms with Crippen molar-refractivity contribution in [2.24, 2.45) is 0 Å². The molecule has 0 aromatic heterocycles. The lowest BCUT2D eigenvalue weighted by Gasteiger charge is -2.11. The fraction of sp³-hybridized carbons (Fsp3) is 0.529. The molecule has 1 heterocycles. The normalized spacial score (nSPS) is 22.6. The number of hydrogen-bond acceptors (Lipinski definition) is 2. The fourth-order valence-corrected chi connectivity index (χ4v) is 3.59. The largest absolute Gasteiger partial charge is 0.611 e. The second kappa shape index (κ2) is 6.33. The first-order chi connectivity index (χ1) is 9.40. The highest BCUT2D eigenvalue weighted by atomic mass is 32.2. The van der Waals surface area contributed by atoms with Crippen molar-refractivity contribution >= 4 is 11.2 Å². The summed E-state index contributed by atoms with van der Waals surface area (Å²) in [5, 5.41) is 0. The minimum Gasteiger partial charge on any atom is -0.611 e. The van der Waals surface area contributed by atoms with E-state index in [1.165, 1.54) is 5.57 Å². The predicted molar refractivity (Wildman–Crippen MR) is 84.4 cm³/mol. The Labute approximate surface area is 125 Å². The van der Waals surface area contributed by atoms with Crippen LogP contribution in [0.3, 0.4) is 0 Å². The molecule has 110 valence electrons. The van der Waals surface area contributed by atoms with Gasteiger partial charge in [-0.3, -0.25) is 0 Å². The van der Waals surface area contributed by atoms with Crippen molar-refractivity contribution in [2.45, 2.75) is 57.1 Å². The Morgan fingerprint density at radius 3 is 2.65 bits per heavy atom. The summed E-state index contributed by atoms with van der Waals surface area (Å²) in [4.78, 5) is 0.947. The van der Waals surface area contributed by atoms with Gasteiger partial charge in [0.25, 0.3) is 0 Å². The zero-order valence-electron chi connectivity index (χ0n) is 12.8. The molecular formula is C17H24O2S. The van der Waals surface area contributed by atoms with Gasteiger partial charge in [-0.2, -0.15) is 0 Å². The molecule has 2 unspecified atom stereocenters. The molecule has 0 saturated carbocycles. The van der Waals surface area contributed by atoms with Gasteiger partial charge in [0.05, 0.1) is 11.7 Å². The smallest absolute Gasteiger partial charge is 0.155 e. The summed E-state index contributed by atoms with van der Waals surface area (Å²) in [6.45, 7) is 8.38. The molecule has 0 amide bonds. The summed E-state index contributed by atoms with van der Waals surface area (Å²) in [5.74, 6) is 0.603. The molecule has 1 aliphatic heterocycles. The minimum atomic E-state index is -0.937. The Kier molecular flexibility index (Phi) is 4.95. The van der Waals surface area contributed by atoms with Crippen molar-refractivity contribution in [2.75, 3.05) is 5.75 Å². The minimum absolute atomic E-state index is 0.0737. The van der Waals surface area contributed by atoms with Crippen LogP contribution in [0, 0.1) is 6.92 Å². The van der Waals surface area contributed by atoms with E-state index in [1.807, 2.05) is 31.2 Å². The standard InChI is InChI=1S/C17H24O2S/c1-13(9-10-16-17(3,4)19-16)11-12-20(18)15-8-6-5-7-14(15)2/h5-8,11,16H,9-10,12H2,1-4H3/b13-11+. The second-order valence-electron chi connectivity index (χ2n) is 6.08. The SMILES string of the molecule is C/C(=C\C[S+]([O-])c1ccccc1C)CCC1OC1(C)C. The highest BCUT2D eigenvalue weighted by Crippen LogP contribution is 2.38. The molecule has 1 fully saturated rings. The van der Waals surface area contributed by atoms with Gasteiger partial charge in [-0.15, -0.1) is 0 Å². The molecule has 1 aromatic rings. The monoisotopic (exact) mass is 292 g/mol. The Morgan fingerprint density at radius 1 is 1.40 bits per heavy atom. The second-order valence-corrected chi connectivity index (χ2v) is 7.54. The van der Waals surface area contributed by atoms with Crippen molar-refractivity contribution in [1.29, 1.82) is 0 Å². The molecular weight excluding hydrogens is 268 g/mol. The van der Waals surface area contributed by atoms with Gasteiger partial charge >= 0.3 is 0 Å². The Morgan fingerprint density at radius 2 is 2.05 bits per heavy atom. The quantitative estimate of drug-likeness (QED) is 0.451. The van der Waals surface area contributed by atoms with Gasteiger partial charge in [0.1, 0.15) is 5.75 Å². The van der Waals surface area contributed by atoms with Crippen LogP contribution in [0.15, 0.2) is 40.8 Å². The number of benzene rings is 1. The Bertz CT molecular complexity index is 494. The van der Waals surface area contributed by atoms with E-state index in [0.29, 0.717) is 11.9 Å². The number of hydrogen-bond donors (Lipinski definition) is 0. The molecule has 2 atom stereocenters. The maximum absolute atomic E-state index is 12.3. The Hall–Kier alpha value is -0.770. The van der Waals surface area contributed by atoms with E-state index in [-0.39, 0.29) is 5.60 Å². The number of allylic oxidation sites excluding steroid dienone is 1. The predicted octanol–water partition coefficient (Wildman–Crippen LogP) is 4.01. The molecule has 20 heavy (non-hydrogen) atoms. The van der Waals surface area contributed by atoms with E-state index < -0.39 is 11.2 Å². The molecule has 0 bridgehead atoms. The maximum atomic E-state index is 12.3. The summed E-state index contributed by atoms with van der Waals surface area (Å²) < 4.78 is 17.8. The van der Waals surface area contributed by atoms with Crippen molar-refractivity contribution in [3.8, 4) is 0 Å². The third kappa shape index (κ3) is 4.11. The first kappa shape index (κ1) is 15.6. The van der Waals surface area contributed by atoms with Gasteiger partial charge in [0, 0.05) is 5.56 Å². The van der Waals surface area contributed by atoms with Gasteiger partial charge < -0.3 is 9.29 Å². The molecule has 3 heteroatoms. The van der Waals surface area contributed by atoms with Crippen molar-refractivity contribution in [3.05, 3.63) is 41.5 Å². The lowest BCUT2D eigenvalue weighted by Crippen LogP contribution is -2.07.